The highest BCUT2D eigenvalue weighted by Gasteiger charge is 2.05. The van der Waals surface area contributed by atoms with Crippen molar-refractivity contribution in [1.82, 2.24) is 0 Å². The molecule has 0 aromatic heterocycles. The molecular formula is C17H35IO2. The quantitative estimate of drug-likeness (QED) is 0.147. The molecule has 0 N–H and O–H groups in total. The van der Waals surface area contributed by atoms with Crippen LogP contribution in [-0.2, 0) is 9.47 Å². The first kappa shape index (κ1) is 20.6. The van der Waals surface area contributed by atoms with Crippen LogP contribution in [0.5, 0.6) is 0 Å². The molecule has 0 bridgehead atoms. The molecule has 0 spiro atoms. The highest BCUT2D eigenvalue weighted by Crippen LogP contribution is 2.17. The first-order valence-corrected chi connectivity index (χ1v) is 9.71. The third-order valence-electron chi connectivity index (χ3n) is 3.52. The van der Waals surface area contributed by atoms with Crippen molar-refractivity contribution in [2.75, 3.05) is 20.0 Å². The SMILES string of the molecule is CCCCCCCCOCOCCCC(C)CC(C)I. The first-order chi connectivity index (χ1) is 9.66. The van der Waals surface area contributed by atoms with Gasteiger partial charge in [-0.05, 0) is 31.6 Å². The zero-order valence-corrected chi connectivity index (χ0v) is 16.0. The number of ether oxygens (including phenoxy) is 2. The van der Waals surface area contributed by atoms with Gasteiger partial charge in [-0.15, -0.1) is 0 Å². The van der Waals surface area contributed by atoms with Gasteiger partial charge < -0.3 is 9.47 Å². The Bertz CT molecular complexity index is 186. The molecule has 0 saturated heterocycles. The van der Waals surface area contributed by atoms with Gasteiger partial charge in [0.25, 0.3) is 0 Å². The molecule has 2 unspecified atom stereocenters. The van der Waals surface area contributed by atoms with E-state index in [1.165, 1.54) is 51.4 Å². The average molecular weight is 398 g/mol. The second-order valence-corrected chi connectivity index (χ2v) is 8.09. The fraction of sp³-hybridized carbons (Fsp3) is 1.00. The number of unbranched alkanes of at least 4 members (excludes halogenated alkanes) is 5. The summed E-state index contributed by atoms with van der Waals surface area (Å²) in [5.74, 6) is 0.814. The van der Waals surface area contributed by atoms with Crippen molar-refractivity contribution in [3.63, 3.8) is 0 Å². The van der Waals surface area contributed by atoms with E-state index in [2.05, 4.69) is 43.4 Å². The van der Waals surface area contributed by atoms with E-state index in [0.717, 1.165) is 29.5 Å². The van der Waals surface area contributed by atoms with E-state index in [0.29, 0.717) is 6.79 Å². The Labute approximate surface area is 140 Å². The molecule has 122 valence electrons. The van der Waals surface area contributed by atoms with Gasteiger partial charge in [-0.1, -0.05) is 75.5 Å². The third kappa shape index (κ3) is 16.7. The minimum Gasteiger partial charge on any atom is -0.355 e. The molecule has 0 radical (unpaired) electrons. The van der Waals surface area contributed by atoms with Gasteiger partial charge in [0.15, 0.2) is 0 Å². The van der Waals surface area contributed by atoms with Gasteiger partial charge >= 0.3 is 0 Å². The first-order valence-electron chi connectivity index (χ1n) is 8.46. The van der Waals surface area contributed by atoms with Crippen LogP contribution in [0.25, 0.3) is 0 Å². The molecule has 3 heteroatoms. The summed E-state index contributed by atoms with van der Waals surface area (Å²) in [6.07, 6.45) is 11.6. The summed E-state index contributed by atoms with van der Waals surface area (Å²) in [7, 11) is 0. The standard InChI is InChI=1S/C17H35IO2/c1-4-5-6-7-8-9-12-19-15-20-13-10-11-16(2)14-17(3)18/h16-17H,4-15H2,1-3H3. The van der Waals surface area contributed by atoms with Crippen LogP contribution in [0.1, 0.15) is 78.6 Å². The van der Waals surface area contributed by atoms with Crippen LogP contribution >= 0.6 is 22.6 Å². The van der Waals surface area contributed by atoms with Crippen molar-refractivity contribution < 1.29 is 9.47 Å². The lowest BCUT2D eigenvalue weighted by molar-refractivity contribution is -0.0560. The molecule has 0 aromatic rings. The lowest BCUT2D eigenvalue weighted by Gasteiger charge is -2.12. The van der Waals surface area contributed by atoms with Crippen molar-refractivity contribution in [3.8, 4) is 0 Å². The predicted molar refractivity (Wildman–Crippen MR) is 96.6 cm³/mol. The van der Waals surface area contributed by atoms with E-state index >= 15 is 0 Å². The molecule has 0 saturated carbocycles. The number of hydrogen-bond acceptors (Lipinski definition) is 2. The van der Waals surface area contributed by atoms with E-state index in [9.17, 15) is 0 Å². The lowest BCUT2D eigenvalue weighted by atomic mass is 10.0. The Hall–Kier alpha value is 0.650. The summed E-state index contributed by atoms with van der Waals surface area (Å²) in [5.41, 5.74) is 0. The van der Waals surface area contributed by atoms with Gasteiger partial charge in [0.1, 0.15) is 6.79 Å². The predicted octanol–water partition coefficient (Wildman–Crippen LogP) is 5.97. The Morgan fingerprint density at radius 1 is 0.850 bits per heavy atom. The largest absolute Gasteiger partial charge is 0.355 e. The molecule has 0 aliphatic rings. The van der Waals surface area contributed by atoms with Crippen molar-refractivity contribution in [3.05, 3.63) is 0 Å². The summed E-state index contributed by atoms with van der Waals surface area (Å²) in [6, 6.07) is 0. The Kier molecular flexibility index (Phi) is 16.5. The van der Waals surface area contributed by atoms with Crippen LogP contribution in [0.3, 0.4) is 0 Å². The number of halogens is 1. The second-order valence-electron chi connectivity index (χ2n) is 5.97. The van der Waals surface area contributed by atoms with Gasteiger partial charge in [0, 0.05) is 17.1 Å². The van der Waals surface area contributed by atoms with Crippen LogP contribution in [0.4, 0.5) is 0 Å². The Balaban J connectivity index is 3.06. The molecule has 0 amide bonds. The summed E-state index contributed by atoms with van der Waals surface area (Å²) in [5, 5.41) is 0. The van der Waals surface area contributed by atoms with Gasteiger partial charge in [0.2, 0.25) is 0 Å². The lowest BCUT2D eigenvalue weighted by Crippen LogP contribution is -2.06. The summed E-state index contributed by atoms with van der Waals surface area (Å²) in [4.78, 5) is 0. The van der Waals surface area contributed by atoms with Crippen LogP contribution in [0, 0.1) is 5.92 Å². The smallest absolute Gasteiger partial charge is 0.146 e. The van der Waals surface area contributed by atoms with Gasteiger partial charge in [-0.2, -0.15) is 0 Å². The highest BCUT2D eigenvalue weighted by atomic mass is 127. The number of hydrogen-bond donors (Lipinski definition) is 0. The zero-order chi connectivity index (χ0) is 15.1. The fourth-order valence-corrected chi connectivity index (χ4v) is 3.24. The molecule has 0 aromatic carbocycles. The van der Waals surface area contributed by atoms with E-state index in [4.69, 9.17) is 9.47 Å². The van der Waals surface area contributed by atoms with E-state index in [1.807, 2.05) is 0 Å². The molecule has 0 aliphatic heterocycles. The molecular weight excluding hydrogens is 363 g/mol. The zero-order valence-electron chi connectivity index (χ0n) is 13.8. The molecule has 2 nitrogen and oxygen atoms in total. The molecule has 20 heavy (non-hydrogen) atoms. The van der Waals surface area contributed by atoms with E-state index < -0.39 is 0 Å². The van der Waals surface area contributed by atoms with E-state index in [-0.39, 0.29) is 0 Å². The number of alkyl halides is 1. The normalized spacial score (nSPS) is 14.4. The highest BCUT2D eigenvalue weighted by molar-refractivity contribution is 14.1. The topological polar surface area (TPSA) is 18.5 Å². The van der Waals surface area contributed by atoms with Crippen molar-refractivity contribution in [2.45, 2.75) is 82.5 Å². The fourth-order valence-electron chi connectivity index (χ4n) is 2.37. The van der Waals surface area contributed by atoms with Crippen LogP contribution in [0.2, 0.25) is 0 Å². The van der Waals surface area contributed by atoms with Crippen LogP contribution in [0.15, 0.2) is 0 Å². The molecule has 0 fully saturated rings. The van der Waals surface area contributed by atoms with Gasteiger partial charge in [-0.3, -0.25) is 0 Å². The maximum absolute atomic E-state index is 5.51. The Morgan fingerprint density at radius 2 is 1.45 bits per heavy atom. The number of rotatable bonds is 15. The minimum atomic E-state index is 0.478. The molecule has 2 atom stereocenters. The van der Waals surface area contributed by atoms with E-state index in [1.54, 1.807) is 0 Å². The van der Waals surface area contributed by atoms with Crippen LogP contribution in [-0.4, -0.2) is 23.9 Å². The van der Waals surface area contributed by atoms with Crippen LogP contribution < -0.4 is 0 Å². The van der Waals surface area contributed by atoms with Gasteiger partial charge in [-0.25, -0.2) is 0 Å². The average Bonchev–Trinajstić information content (AvgIpc) is 2.39. The maximum atomic E-state index is 5.51. The third-order valence-corrected chi connectivity index (χ3v) is 4.03. The summed E-state index contributed by atoms with van der Waals surface area (Å²) >= 11 is 2.50. The van der Waals surface area contributed by atoms with Gasteiger partial charge in [0.05, 0.1) is 0 Å². The molecule has 0 aliphatic carbocycles. The minimum absolute atomic E-state index is 0.478. The molecule has 0 heterocycles. The Morgan fingerprint density at radius 3 is 2.10 bits per heavy atom. The monoisotopic (exact) mass is 398 g/mol. The van der Waals surface area contributed by atoms with Crippen molar-refractivity contribution >= 4 is 22.6 Å². The summed E-state index contributed by atoms with van der Waals surface area (Å²) in [6.45, 7) is 9.05. The van der Waals surface area contributed by atoms with Crippen molar-refractivity contribution in [2.24, 2.45) is 5.92 Å². The van der Waals surface area contributed by atoms with Crippen molar-refractivity contribution in [1.29, 1.82) is 0 Å². The maximum Gasteiger partial charge on any atom is 0.146 e. The molecule has 0 rings (SSSR count). The second kappa shape index (κ2) is 16.0. The summed E-state index contributed by atoms with van der Waals surface area (Å²) < 4.78 is 11.8.